The van der Waals surface area contributed by atoms with Crippen LogP contribution >= 0.6 is 0 Å². The zero-order valence-corrected chi connectivity index (χ0v) is 30.0. The average molecular weight is 722 g/mol. The number of alkyl carbamates (subject to hydrolysis) is 1. The zero-order valence-electron chi connectivity index (χ0n) is 30.0. The van der Waals surface area contributed by atoms with Crippen molar-refractivity contribution in [2.75, 3.05) is 44.5 Å². The Morgan fingerprint density at radius 1 is 0.811 bits per heavy atom. The summed E-state index contributed by atoms with van der Waals surface area (Å²) in [7, 11) is 2.67. The third kappa shape index (κ3) is 10.9. The van der Waals surface area contributed by atoms with Gasteiger partial charge in [0, 0.05) is 36.9 Å². The molecule has 0 bridgehead atoms. The maximum Gasteiger partial charge on any atom is 0.407 e. The Hall–Kier alpha value is -5.72. The number of anilines is 2. The van der Waals surface area contributed by atoms with E-state index in [1.165, 1.54) is 14.2 Å². The Kier molecular flexibility index (Phi) is 14.0. The lowest BCUT2D eigenvalue weighted by Gasteiger charge is -2.33. The van der Waals surface area contributed by atoms with Gasteiger partial charge in [0.05, 0.1) is 19.8 Å². The lowest BCUT2D eigenvalue weighted by atomic mass is 9.84. The number of nitrogens with zero attached hydrogens (tertiary/aromatic N) is 1. The highest BCUT2D eigenvalue weighted by atomic mass is 16.5. The van der Waals surface area contributed by atoms with E-state index in [1.54, 1.807) is 0 Å². The largest absolute Gasteiger partial charge is 0.465 e. The van der Waals surface area contributed by atoms with Crippen LogP contribution in [0, 0.1) is 0 Å². The number of hydrogen-bond acceptors (Lipinski definition) is 7. The summed E-state index contributed by atoms with van der Waals surface area (Å²) >= 11 is 0. The van der Waals surface area contributed by atoms with Crippen LogP contribution in [0.2, 0.25) is 0 Å². The van der Waals surface area contributed by atoms with Crippen LogP contribution in [-0.2, 0) is 31.9 Å². The summed E-state index contributed by atoms with van der Waals surface area (Å²) in [6, 6.07) is 33.3. The van der Waals surface area contributed by atoms with Crippen LogP contribution in [0.3, 0.4) is 0 Å². The monoisotopic (exact) mass is 721 g/mol. The van der Waals surface area contributed by atoms with Crippen molar-refractivity contribution in [3.8, 4) is 0 Å². The molecule has 1 fully saturated rings. The van der Waals surface area contributed by atoms with Gasteiger partial charge in [0.25, 0.3) is 0 Å². The van der Waals surface area contributed by atoms with Crippen molar-refractivity contribution in [3.63, 3.8) is 0 Å². The van der Waals surface area contributed by atoms with E-state index >= 15 is 0 Å². The van der Waals surface area contributed by atoms with Crippen LogP contribution in [0.1, 0.15) is 41.0 Å². The van der Waals surface area contributed by atoms with Crippen molar-refractivity contribution in [1.29, 1.82) is 0 Å². The zero-order chi connectivity index (χ0) is 37.6. The first kappa shape index (κ1) is 38.5. The molecule has 5 N–H and O–H groups in total. The molecule has 278 valence electrons. The minimum Gasteiger partial charge on any atom is -0.465 e. The number of likely N-dealkylation sites (N-methyl/N-ethyl adjacent to an activating group) is 1. The molecule has 5 rings (SSSR count). The van der Waals surface area contributed by atoms with E-state index in [2.05, 4.69) is 26.0 Å². The summed E-state index contributed by atoms with van der Waals surface area (Å²) in [5.74, 6) is -1.30. The Morgan fingerprint density at radius 3 is 1.91 bits per heavy atom. The summed E-state index contributed by atoms with van der Waals surface area (Å²) in [4.78, 5) is 51.2. The summed E-state index contributed by atoms with van der Waals surface area (Å²) in [5, 5.41) is 22.0. The first-order valence-electron chi connectivity index (χ1n) is 17.7. The van der Waals surface area contributed by atoms with E-state index in [0.29, 0.717) is 37.4 Å². The molecule has 1 aliphatic heterocycles. The second-order valence-electron chi connectivity index (χ2n) is 13.0. The molecule has 1 saturated heterocycles. The molecule has 12 nitrogen and oxygen atoms in total. The number of hydrogen-bond donors (Lipinski definition) is 5. The minimum atomic E-state index is -1.20. The highest BCUT2D eigenvalue weighted by molar-refractivity contribution is 5.98. The SMILES string of the molecule is COC(=O)NCC(=O)Nc1ccccc1CC[C@@H]1CO[C@H](CCc2ccccc2NC(=O)[C@H](C(c2ccccc2)c2ccccc2)N(C)C(=O)O)CN1. The van der Waals surface area contributed by atoms with Gasteiger partial charge in [0.2, 0.25) is 11.8 Å². The van der Waals surface area contributed by atoms with Crippen molar-refractivity contribution in [2.45, 2.75) is 49.8 Å². The number of morpholine rings is 1. The summed E-state index contributed by atoms with van der Waals surface area (Å²) in [6.45, 7) is 1.01. The lowest BCUT2D eigenvalue weighted by Crippen LogP contribution is -2.48. The third-order valence-electron chi connectivity index (χ3n) is 9.43. The molecular formula is C41H47N5O7. The first-order valence-corrected chi connectivity index (χ1v) is 17.7. The van der Waals surface area contributed by atoms with Crippen LogP contribution in [0.5, 0.6) is 0 Å². The van der Waals surface area contributed by atoms with Crippen molar-refractivity contribution in [1.82, 2.24) is 15.5 Å². The van der Waals surface area contributed by atoms with Gasteiger partial charge in [-0.05, 0) is 60.1 Å². The molecular weight excluding hydrogens is 674 g/mol. The van der Waals surface area contributed by atoms with Crippen molar-refractivity contribution >= 4 is 35.4 Å². The number of rotatable bonds is 15. The Bertz CT molecular complexity index is 1780. The predicted octanol–water partition coefficient (Wildman–Crippen LogP) is 5.65. The Balaban J connectivity index is 1.17. The maximum atomic E-state index is 14.2. The van der Waals surface area contributed by atoms with Crippen LogP contribution in [0.15, 0.2) is 109 Å². The van der Waals surface area contributed by atoms with E-state index in [4.69, 9.17) is 4.74 Å². The van der Waals surface area contributed by atoms with E-state index in [9.17, 15) is 24.3 Å². The molecule has 0 saturated carbocycles. The number of aryl methyl sites for hydroxylation is 2. The summed E-state index contributed by atoms with van der Waals surface area (Å²) < 4.78 is 10.8. The van der Waals surface area contributed by atoms with Crippen LogP contribution < -0.4 is 21.3 Å². The molecule has 12 heteroatoms. The van der Waals surface area contributed by atoms with E-state index in [-0.39, 0.29) is 24.6 Å². The van der Waals surface area contributed by atoms with E-state index < -0.39 is 30.1 Å². The van der Waals surface area contributed by atoms with Gasteiger partial charge < -0.3 is 35.8 Å². The van der Waals surface area contributed by atoms with Gasteiger partial charge in [-0.15, -0.1) is 0 Å². The maximum absolute atomic E-state index is 14.2. The summed E-state index contributed by atoms with van der Waals surface area (Å²) in [5.41, 5.74) is 4.91. The standard InChI is InChI=1S/C41H47N5O7/c1-46(41(50)51)38(37(30-15-5-3-6-16-30)31-17-7-4-8-18-31)39(48)45-35-20-12-10-14-29(35)22-24-33-25-42-32(27-53-33)23-21-28-13-9-11-19-34(28)44-36(47)26-43-40(49)52-2/h3-20,32-33,37-38,42H,21-27H2,1-2H3,(H,43,49)(H,44,47)(H,45,48)(H,50,51)/t32-,33-,38+/m1/s1. The number of benzene rings is 4. The van der Waals surface area contributed by atoms with E-state index in [1.807, 2.05) is 109 Å². The van der Waals surface area contributed by atoms with Gasteiger partial charge in [0.15, 0.2) is 0 Å². The molecule has 0 spiro atoms. The smallest absolute Gasteiger partial charge is 0.407 e. The number of carboxylic acid groups (broad SMARTS) is 1. The molecule has 4 aromatic rings. The molecule has 1 aliphatic rings. The van der Waals surface area contributed by atoms with Gasteiger partial charge in [-0.2, -0.15) is 0 Å². The topological polar surface area (TPSA) is 158 Å². The van der Waals surface area contributed by atoms with Gasteiger partial charge in [-0.3, -0.25) is 14.5 Å². The van der Waals surface area contributed by atoms with Gasteiger partial charge in [0.1, 0.15) is 12.6 Å². The fourth-order valence-electron chi connectivity index (χ4n) is 6.58. The number of carbonyl (C=O) groups excluding carboxylic acids is 3. The molecule has 4 aromatic carbocycles. The first-order chi connectivity index (χ1) is 25.7. The van der Waals surface area contributed by atoms with Crippen LogP contribution in [0.4, 0.5) is 21.0 Å². The number of para-hydroxylation sites is 2. The molecule has 0 aliphatic carbocycles. The average Bonchev–Trinajstić information content (AvgIpc) is 3.19. The van der Waals surface area contributed by atoms with Crippen LogP contribution in [-0.4, -0.2) is 86.0 Å². The molecule has 0 unspecified atom stereocenters. The van der Waals surface area contributed by atoms with Crippen molar-refractivity contribution < 1.29 is 33.8 Å². The van der Waals surface area contributed by atoms with Crippen molar-refractivity contribution in [3.05, 3.63) is 131 Å². The normalized spacial score (nSPS) is 15.9. The minimum absolute atomic E-state index is 0.0321. The second-order valence-corrected chi connectivity index (χ2v) is 13.0. The quantitative estimate of drug-likeness (QED) is 0.105. The third-order valence-corrected chi connectivity index (χ3v) is 9.43. The number of ether oxygens (including phenoxy) is 2. The second kappa shape index (κ2) is 19.2. The molecule has 0 aromatic heterocycles. The number of amides is 4. The van der Waals surface area contributed by atoms with Crippen molar-refractivity contribution in [2.24, 2.45) is 0 Å². The van der Waals surface area contributed by atoms with E-state index in [0.717, 1.165) is 40.0 Å². The number of methoxy groups -OCH3 is 1. The van der Waals surface area contributed by atoms with Gasteiger partial charge >= 0.3 is 12.2 Å². The summed E-state index contributed by atoms with van der Waals surface area (Å²) in [6.07, 6.45) is 0.978. The van der Waals surface area contributed by atoms with Gasteiger partial charge in [-0.1, -0.05) is 97.1 Å². The molecule has 3 atom stereocenters. The molecule has 4 amide bonds. The fourth-order valence-corrected chi connectivity index (χ4v) is 6.58. The Labute approximate surface area is 309 Å². The molecule has 1 heterocycles. The highest BCUT2D eigenvalue weighted by Crippen LogP contribution is 2.32. The highest BCUT2D eigenvalue weighted by Gasteiger charge is 2.37. The Morgan fingerprint density at radius 2 is 1.36 bits per heavy atom. The van der Waals surface area contributed by atoms with Crippen LogP contribution in [0.25, 0.3) is 0 Å². The predicted molar refractivity (Wildman–Crippen MR) is 203 cm³/mol. The number of carbonyl (C=O) groups is 4. The molecule has 53 heavy (non-hydrogen) atoms. The lowest BCUT2D eigenvalue weighted by molar-refractivity contribution is -0.120. The fraction of sp³-hybridized carbons (Fsp3) is 0.317. The molecule has 0 radical (unpaired) electrons. The van der Waals surface area contributed by atoms with Gasteiger partial charge in [-0.25, -0.2) is 9.59 Å². The number of nitrogens with one attached hydrogen (secondary N) is 4.